The van der Waals surface area contributed by atoms with E-state index in [9.17, 15) is 9.59 Å². The molecule has 96 valence electrons. The quantitative estimate of drug-likeness (QED) is 0.733. The highest BCUT2D eigenvalue weighted by molar-refractivity contribution is 5.85. The molecule has 5 nitrogen and oxygen atoms in total. The van der Waals surface area contributed by atoms with E-state index in [1.165, 1.54) is 18.7 Å². The minimum Gasteiger partial charge on any atom is -0.480 e. The Morgan fingerprint density at radius 3 is 2.35 bits per heavy atom. The smallest absolute Gasteiger partial charge is 0.329 e. The number of urea groups is 1. The minimum absolute atomic E-state index is 0.0983. The predicted molar refractivity (Wildman–Crippen MR) is 64.8 cm³/mol. The molecule has 0 aromatic heterocycles. The second-order valence-corrected chi connectivity index (χ2v) is 4.70. The van der Waals surface area contributed by atoms with Gasteiger partial charge in [0.05, 0.1) is 0 Å². The van der Waals surface area contributed by atoms with Crippen LogP contribution in [-0.2, 0) is 4.79 Å². The molecule has 0 saturated heterocycles. The second-order valence-electron chi connectivity index (χ2n) is 4.70. The molecule has 5 heteroatoms. The third kappa shape index (κ3) is 2.99. The minimum atomic E-state index is -1.19. The van der Waals surface area contributed by atoms with Gasteiger partial charge in [-0.15, -0.1) is 0 Å². The zero-order chi connectivity index (χ0) is 13.1. The van der Waals surface area contributed by atoms with Crippen molar-refractivity contribution in [1.82, 2.24) is 10.2 Å². The van der Waals surface area contributed by atoms with Crippen LogP contribution in [0.3, 0.4) is 0 Å². The molecule has 0 fully saturated rings. The number of carbonyl (C=O) groups excluding carboxylic acids is 1. The van der Waals surface area contributed by atoms with Gasteiger partial charge in [-0.3, -0.25) is 0 Å². The van der Waals surface area contributed by atoms with Crippen LogP contribution in [0.1, 0.15) is 33.6 Å². The summed E-state index contributed by atoms with van der Waals surface area (Å²) in [5.41, 5.74) is -1.19. The summed E-state index contributed by atoms with van der Waals surface area (Å²) in [6.45, 7) is 5.21. The number of amides is 2. The predicted octanol–water partition coefficient (Wildman–Crippen LogP) is 1.60. The molecule has 0 aromatic carbocycles. The van der Waals surface area contributed by atoms with Gasteiger partial charge >= 0.3 is 12.0 Å². The molecule has 1 aliphatic carbocycles. The zero-order valence-corrected chi connectivity index (χ0v) is 10.6. The molecule has 0 saturated carbocycles. The molecule has 0 aromatic rings. The molecule has 2 amide bonds. The molecule has 2 N–H and O–H groups in total. The molecule has 0 atom stereocenters. The largest absolute Gasteiger partial charge is 0.480 e. The van der Waals surface area contributed by atoms with Crippen LogP contribution in [0.15, 0.2) is 12.2 Å². The van der Waals surface area contributed by atoms with Gasteiger partial charge in [0.1, 0.15) is 5.54 Å². The number of nitrogens with zero attached hydrogens (tertiary/aromatic N) is 1. The topological polar surface area (TPSA) is 69.6 Å². The number of hydrogen-bond acceptors (Lipinski definition) is 2. The van der Waals surface area contributed by atoms with Crippen molar-refractivity contribution in [2.75, 3.05) is 6.54 Å². The van der Waals surface area contributed by atoms with Gasteiger partial charge in [0.2, 0.25) is 0 Å². The van der Waals surface area contributed by atoms with Gasteiger partial charge in [0, 0.05) is 12.6 Å². The van der Waals surface area contributed by atoms with Crippen molar-refractivity contribution in [1.29, 1.82) is 0 Å². The highest BCUT2D eigenvalue weighted by atomic mass is 16.4. The summed E-state index contributed by atoms with van der Waals surface area (Å²) in [6, 6.07) is -0.213. The third-order valence-electron chi connectivity index (χ3n) is 3.10. The van der Waals surface area contributed by atoms with E-state index in [4.69, 9.17) is 5.11 Å². The van der Waals surface area contributed by atoms with E-state index in [1.54, 1.807) is 6.92 Å². The van der Waals surface area contributed by atoms with Gasteiger partial charge in [-0.2, -0.15) is 0 Å². The standard InChI is InChI=1S/C12H20N2O3/c1-4-14(12(2,3)10(15)16)11(17)13-9-7-5-6-8-9/h5-6,9H,4,7-8H2,1-3H3,(H,13,17)(H,15,16). The first kappa shape index (κ1) is 13.5. The monoisotopic (exact) mass is 240 g/mol. The zero-order valence-electron chi connectivity index (χ0n) is 10.6. The van der Waals surface area contributed by atoms with Gasteiger partial charge < -0.3 is 15.3 Å². The molecule has 1 aliphatic rings. The Hall–Kier alpha value is -1.52. The van der Waals surface area contributed by atoms with Crippen LogP contribution < -0.4 is 5.32 Å². The Morgan fingerprint density at radius 2 is 1.94 bits per heavy atom. The molecule has 0 unspecified atom stereocenters. The lowest BCUT2D eigenvalue weighted by molar-refractivity contribution is -0.147. The Kier molecular flexibility index (Phi) is 4.15. The van der Waals surface area contributed by atoms with Crippen LogP contribution in [0.25, 0.3) is 0 Å². The maximum absolute atomic E-state index is 12.0. The number of carboxylic acid groups (broad SMARTS) is 1. The maximum Gasteiger partial charge on any atom is 0.329 e. The van der Waals surface area contributed by atoms with Gasteiger partial charge in [-0.05, 0) is 33.6 Å². The first-order chi connectivity index (χ1) is 7.89. The van der Waals surface area contributed by atoms with Crippen LogP contribution in [0, 0.1) is 0 Å². The highest BCUT2D eigenvalue weighted by Crippen LogP contribution is 2.16. The van der Waals surface area contributed by atoms with Crippen LogP contribution in [0.5, 0.6) is 0 Å². The van der Waals surface area contributed by atoms with E-state index >= 15 is 0 Å². The summed E-state index contributed by atoms with van der Waals surface area (Å²) in [7, 11) is 0. The van der Waals surface area contributed by atoms with E-state index in [0.29, 0.717) is 6.54 Å². The summed E-state index contributed by atoms with van der Waals surface area (Å²) >= 11 is 0. The molecule has 17 heavy (non-hydrogen) atoms. The number of rotatable bonds is 4. The maximum atomic E-state index is 12.0. The summed E-state index contributed by atoms with van der Waals surface area (Å²) in [5, 5.41) is 12.0. The van der Waals surface area contributed by atoms with Crippen molar-refractivity contribution in [2.24, 2.45) is 0 Å². The lowest BCUT2D eigenvalue weighted by Crippen LogP contribution is -2.57. The normalized spacial score (nSPS) is 15.9. The Labute approximate surface area is 101 Å². The summed E-state index contributed by atoms with van der Waals surface area (Å²) < 4.78 is 0. The van der Waals surface area contributed by atoms with Crippen LogP contribution in [-0.4, -0.2) is 40.1 Å². The lowest BCUT2D eigenvalue weighted by Gasteiger charge is -2.35. The lowest BCUT2D eigenvalue weighted by atomic mass is 10.0. The van der Waals surface area contributed by atoms with Crippen LogP contribution in [0.4, 0.5) is 4.79 Å². The molecular formula is C12H20N2O3. The van der Waals surface area contributed by atoms with E-state index < -0.39 is 11.5 Å². The molecule has 0 bridgehead atoms. The van der Waals surface area contributed by atoms with Gasteiger partial charge in [0.25, 0.3) is 0 Å². The second kappa shape index (κ2) is 5.21. The fourth-order valence-corrected chi connectivity index (χ4v) is 1.90. The summed E-state index contributed by atoms with van der Waals surface area (Å²) in [5.74, 6) is -1.00. The van der Waals surface area contributed by atoms with Crippen molar-refractivity contribution in [3.63, 3.8) is 0 Å². The first-order valence-electron chi connectivity index (χ1n) is 5.86. The molecular weight excluding hydrogens is 220 g/mol. The van der Waals surface area contributed by atoms with Crippen molar-refractivity contribution < 1.29 is 14.7 Å². The number of likely N-dealkylation sites (N-methyl/N-ethyl adjacent to an activating group) is 1. The van der Waals surface area contributed by atoms with Crippen LogP contribution in [0.2, 0.25) is 0 Å². The van der Waals surface area contributed by atoms with Crippen LogP contribution >= 0.6 is 0 Å². The van der Waals surface area contributed by atoms with Crippen molar-refractivity contribution in [2.45, 2.75) is 45.2 Å². The average Bonchev–Trinajstić information content (AvgIpc) is 2.70. The molecule has 0 spiro atoms. The molecule has 0 aliphatic heterocycles. The summed E-state index contributed by atoms with van der Waals surface area (Å²) in [4.78, 5) is 24.5. The highest BCUT2D eigenvalue weighted by Gasteiger charge is 2.37. The molecule has 1 rings (SSSR count). The fraction of sp³-hybridized carbons (Fsp3) is 0.667. The Bertz CT molecular complexity index is 329. The van der Waals surface area contributed by atoms with Crippen molar-refractivity contribution in [3.8, 4) is 0 Å². The molecule has 0 heterocycles. The molecule has 0 radical (unpaired) electrons. The third-order valence-corrected chi connectivity index (χ3v) is 3.10. The number of carbonyl (C=O) groups is 2. The summed E-state index contributed by atoms with van der Waals surface area (Å²) in [6.07, 6.45) is 5.67. The fourth-order valence-electron chi connectivity index (χ4n) is 1.90. The van der Waals surface area contributed by atoms with Gasteiger partial charge in [0.15, 0.2) is 0 Å². The van der Waals surface area contributed by atoms with E-state index in [0.717, 1.165) is 12.8 Å². The SMILES string of the molecule is CCN(C(=O)NC1CC=CC1)C(C)(C)C(=O)O. The number of aliphatic carboxylic acids is 1. The Balaban J connectivity index is 2.66. The Morgan fingerprint density at radius 1 is 1.41 bits per heavy atom. The van der Waals surface area contributed by atoms with E-state index in [2.05, 4.69) is 5.32 Å². The first-order valence-corrected chi connectivity index (χ1v) is 5.86. The van der Waals surface area contributed by atoms with Crippen molar-refractivity contribution in [3.05, 3.63) is 12.2 Å². The van der Waals surface area contributed by atoms with Gasteiger partial charge in [-0.25, -0.2) is 9.59 Å². The number of hydrogen-bond donors (Lipinski definition) is 2. The van der Waals surface area contributed by atoms with E-state index in [-0.39, 0.29) is 12.1 Å². The average molecular weight is 240 g/mol. The number of carboxylic acids is 1. The number of nitrogens with one attached hydrogen (secondary N) is 1. The van der Waals surface area contributed by atoms with Crippen molar-refractivity contribution >= 4 is 12.0 Å². The van der Waals surface area contributed by atoms with E-state index in [1.807, 2.05) is 12.2 Å². The van der Waals surface area contributed by atoms with Gasteiger partial charge in [-0.1, -0.05) is 12.2 Å².